The summed E-state index contributed by atoms with van der Waals surface area (Å²) in [4.78, 5) is 47.7. The summed E-state index contributed by atoms with van der Waals surface area (Å²) in [5.74, 6) is -1.10. The Morgan fingerprint density at radius 2 is 1.36 bits per heavy atom. The fraction of sp³-hybridized carbons (Fsp3) is 0.600. The van der Waals surface area contributed by atoms with Crippen LogP contribution in [0.25, 0.3) is 0 Å². The summed E-state index contributed by atoms with van der Waals surface area (Å²) in [6.07, 6.45) is -2.39. The molecule has 0 bridgehead atoms. The Morgan fingerprint density at radius 3 is 1.89 bits per heavy atom. The van der Waals surface area contributed by atoms with Gasteiger partial charge in [0.25, 0.3) is 0 Å². The van der Waals surface area contributed by atoms with Crippen LogP contribution in [0.4, 0.5) is 9.59 Å². The van der Waals surface area contributed by atoms with Crippen molar-refractivity contribution >= 4 is 24.2 Å². The number of carbonyl (C=O) groups is 4. The molecule has 1 rings (SSSR count). The second-order valence-corrected chi connectivity index (χ2v) is 8.99. The quantitative estimate of drug-likeness (QED) is 0.234. The summed E-state index contributed by atoms with van der Waals surface area (Å²) >= 11 is 0. The van der Waals surface area contributed by atoms with Crippen LogP contribution < -0.4 is 15.2 Å². The Hall–Kier alpha value is -3.34. The van der Waals surface area contributed by atoms with Gasteiger partial charge in [-0.2, -0.15) is 0 Å². The monoisotopic (exact) mass is 511 g/mol. The molecule has 11 heteroatoms. The first-order valence-electron chi connectivity index (χ1n) is 11.8. The van der Waals surface area contributed by atoms with Gasteiger partial charge in [-0.05, 0) is 42.9 Å². The largest absolute Gasteiger partial charge is 0.513 e. The molecule has 0 unspecified atom stereocenters. The lowest BCUT2D eigenvalue weighted by atomic mass is 10.1. The fourth-order valence-corrected chi connectivity index (χ4v) is 2.52. The van der Waals surface area contributed by atoms with Gasteiger partial charge in [-0.3, -0.25) is 9.59 Å². The van der Waals surface area contributed by atoms with Gasteiger partial charge in [-0.25, -0.2) is 9.59 Å². The lowest BCUT2D eigenvalue weighted by Gasteiger charge is -2.17. The van der Waals surface area contributed by atoms with Crippen LogP contribution in [0, 0.1) is 11.8 Å². The number of nitrogens with two attached hydrogens (primary N) is 1. The van der Waals surface area contributed by atoms with Crippen molar-refractivity contribution in [2.75, 3.05) is 19.8 Å². The molecule has 0 aliphatic carbocycles. The second-order valence-electron chi connectivity index (χ2n) is 8.99. The third-order valence-corrected chi connectivity index (χ3v) is 4.31. The van der Waals surface area contributed by atoms with Crippen molar-refractivity contribution in [1.29, 1.82) is 0 Å². The van der Waals surface area contributed by atoms with Crippen molar-refractivity contribution in [2.45, 2.75) is 66.5 Å². The molecule has 0 fully saturated rings. The highest BCUT2D eigenvalue weighted by molar-refractivity contribution is 5.76. The maximum atomic E-state index is 12.3. The van der Waals surface area contributed by atoms with Gasteiger partial charge in [0.1, 0.15) is 18.8 Å². The molecular weight excluding hydrogens is 474 g/mol. The predicted octanol–water partition coefficient (Wildman–Crippen LogP) is 3.78. The number of carbonyl (C=O) groups excluding carboxylic acids is 4. The van der Waals surface area contributed by atoms with E-state index >= 15 is 0 Å². The molecule has 0 amide bonds. The van der Waals surface area contributed by atoms with Crippen LogP contribution in [0.15, 0.2) is 18.2 Å². The molecular formula is C25H37NO10. The van der Waals surface area contributed by atoms with Crippen molar-refractivity contribution in [3.05, 3.63) is 23.8 Å². The van der Waals surface area contributed by atoms with E-state index in [1.54, 1.807) is 19.9 Å². The Balaban J connectivity index is 2.91. The maximum absolute atomic E-state index is 12.3. The molecule has 0 aromatic heterocycles. The molecule has 0 radical (unpaired) electrons. The normalized spacial score (nSPS) is 12.5. The predicted molar refractivity (Wildman–Crippen MR) is 129 cm³/mol. The van der Waals surface area contributed by atoms with E-state index in [2.05, 4.69) is 0 Å². The van der Waals surface area contributed by atoms with E-state index in [-0.39, 0.29) is 56.0 Å². The SMILES string of the molecule is CCC(=O)OC[C@H](C)OC(=O)[C@@H](N)Cc1ccc(OC(=O)OCC(C)C)c(OC(=O)OCC(C)C)c1. The summed E-state index contributed by atoms with van der Waals surface area (Å²) in [5, 5.41) is 0. The van der Waals surface area contributed by atoms with Crippen molar-refractivity contribution < 1.29 is 47.6 Å². The van der Waals surface area contributed by atoms with E-state index < -0.39 is 36.4 Å². The molecule has 0 saturated carbocycles. The second kappa shape index (κ2) is 15.6. The zero-order valence-corrected chi connectivity index (χ0v) is 21.7. The number of hydrogen-bond acceptors (Lipinski definition) is 11. The average molecular weight is 512 g/mol. The molecule has 0 saturated heterocycles. The topological polar surface area (TPSA) is 150 Å². The molecule has 36 heavy (non-hydrogen) atoms. The summed E-state index contributed by atoms with van der Waals surface area (Å²) in [7, 11) is 0. The number of rotatable bonds is 13. The van der Waals surface area contributed by atoms with Gasteiger partial charge in [0.15, 0.2) is 11.5 Å². The Bertz CT molecular complexity index is 884. The summed E-state index contributed by atoms with van der Waals surface area (Å²) in [5.41, 5.74) is 6.48. The minimum Gasteiger partial charge on any atom is -0.462 e. The van der Waals surface area contributed by atoms with E-state index in [0.29, 0.717) is 5.56 Å². The van der Waals surface area contributed by atoms with Gasteiger partial charge in [0.05, 0.1) is 13.2 Å². The lowest BCUT2D eigenvalue weighted by molar-refractivity contribution is -0.158. The van der Waals surface area contributed by atoms with Crippen molar-refractivity contribution in [1.82, 2.24) is 0 Å². The van der Waals surface area contributed by atoms with Gasteiger partial charge in [0.2, 0.25) is 0 Å². The summed E-state index contributed by atoms with van der Waals surface area (Å²) < 4.78 is 30.6. The highest BCUT2D eigenvalue weighted by Gasteiger charge is 2.22. The van der Waals surface area contributed by atoms with Gasteiger partial charge >= 0.3 is 24.2 Å². The van der Waals surface area contributed by atoms with Gasteiger partial charge in [-0.15, -0.1) is 0 Å². The van der Waals surface area contributed by atoms with Gasteiger partial charge in [-0.1, -0.05) is 40.7 Å². The van der Waals surface area contributed by atoms with Crippen LogP contribution in [0.3, 0.4) is 0 Å². The first-order valence-corrected chi connectivity index (χ1v) is 11.8. The fourth-order valence-electron chi connectivity index (χ4n) is 2.52. The van der Waals surface area contributed by atoms with E-state index in [1.807, 2.05) is 27.7 Å². The van der Waals surface area contributed by atoms with E-state index in [4.69, 9.17) is 34.2 Å². The highest BCUT2D eigenvalue weighted by atomic mass is 16.7. The molecule has 11 nitrogen and oxygen atoms in total. The number of hydrogen-bond donors (Lipinski definition) is 1. The molecule has 0 aliphatic heterocycles. The third-order valence-electron chi connectivity index (χ3n) is 4.31. The molecule has 1 aromatic carbocycles. The molecule has 1 aromatic rings. The van der Waals surface area contributed by atoms with Crippen molar-refractivity contribution in [2.24, 2.45) is 17.6 Å². The van der Waals surface area contributed by atoms with Crippen LogP contribution in [0.5, 0.6) is 11.5 Å². The lowest BCUT2D eigenvalue weighted by Crippen LogP contribution is -2.37. The minimum absolute atomic E-state index is 0.0236. The third kappa shape index (κ3) is 12.4. The van der Waals surface area contributed by atoms with Crippen LogP contribution in [0.1, 0.15) is 53.5 Å². The van der Waals surface area contributed by atoms with Crippen LogP contribution in [0.2, 0.25) is 0 Å². The average Bonchev–Trinajstić information content (AvgIpc) is 2.81. The first kappa shape index (κ1) is 30.7. The van der Waals surface area contributed by atoms with E-state index in [1.165, 1.54) is 12.1 Å². The highest BCUT2D eigenvalue weighted by Crippen LogP contribution is 2.30. The number of esters is 2. The molecule has 0 aliphatic rings. The van der Waals surface area contributed by atoms with Gasteiger partial charge < -0.3 is 34.2 Å². The maximum Gasteiger partial charge on any atom is 0.513 e. The molecule has 0 heterocycles. The molecule has 2 atom stereocenters. The number of ether oxygens (including phenoxy) is 6. The molecule has 0 spiro atoms. The summed E-state index contributed by atoms with van der Waals surface area (Å²) in [6.45, 7) is 10.9. The molecule has 2 N–H and O–H groups in total. The van der Waals surface area contributed by atoms with E-state index in [9.17, 15) is 19.2 Å². The summed E-state index contributed by atoms with van der Waals surface area (Å²) in [6, 6.07) is 3.29. The zero-order valence-electron chi connectivity index (χ0n) is 21.7. The van der Waals surface area contributed by atoms with Crippen molar-refractivity contribution in [3.8, 4) is 11.5 Å². The zero-order chi connectivity index (χ0) is 27.3. The Labute approximate surface area is 211 Å². The van der Waals surface area contributed by atoms with Gasteiger partial charge in [0, 0.05) is 6.42 Å². The first-order chi connectivity index (χ1) is 16.9. The van der Waals surface area contributed by atoms with Crippen molar-refractivity contribution in [3.63, 3.8) is 0 Å². The van der Waals surface area contributed by atoms with Crippen LogP contribution >= 0.6 is 0 Å². The molecule has 202 valence electrons. The van der Waals surface area contributed by atoms with Crippen LogP contribution in [-0.2, 0) is 35.0 Å². The standard InChI is InChI=1S/C25H37NO10/c1-7-22(27)31-14-17(6)34-23(28)19(26)10-18-8-9-20(35-24(29)32-12-15(2)3)21(11-18)36-25(30)33-13-16(4)5/h8-9,11,15-17,19H,7,10,12-14,26H2,1-6H3/t17-,19-/m0/s1. The minimum atomic E-state index is -1.06. The number of benzene rings is 1. The Morgan fingerprint density at radius 1 is 0.806 bits per heavy atom. The smallest absolute Gasteiger partial charge is 0.462 e. The van der Waals surface area contributed by atoms with E-state index in [0.717, 1.165) is 0 Å². The Kier molecular flexibility index (Phi) is 13.3. The van der Waals surface area contributed by atoms with Crippen LogP contribution in [-0.4, -0.2) is 56.2 Å².